The van der Waals surface area contributed by atoms with Gasteiger partial charge in [0.2, 0.25) is 5.91 Å². The van der Waals surface area contributed by atoms with Gasteiger partial charge in [-0.15, -0.1) is 0 Å². The SMILES string of the molecule is CC.COC(=O)[C@@H]1Cc2c([nH]c3ccccc23)C(c2ccccc2)N1C(=O)CO. The Labute approximate surface area is 170 Å². The quantitative estimate of drug-likeness (QED) is 0.669. The van der Waals surface area contributed by atoms with Crippen LogP contribution in [0.15, 0.2) is 54.6 Å². The second-order valence-electron chi connectivity index (χ2n) is 6.58. The Morgan fingerprint density at radius 3 is 2.41 bits per heavy atom. The molecule has 1 unspecified atom stereocenters. The molecule has 1 aliphatic rings. The summed E-state index contributed by atoms with van der Waals surface area (Å²) >= 11 is 0. The minimum absolute atomic E-state index is 0.334. The number of para-hydroxylation sites is 1. The van der Waals surface area contributed by atoms with Crippen molar-refractivity contribution in [3.8, 4) is 0 Å². The molecule has 29 heavy (non-hydrogen) atoms. The van der Waals surface area contributed by atoms with Gasteiger partial charge in [-0.3, -0.25) is 4.79 Å². The maximum absolute atomic E-state index is 12.7. The Morgan fingerprint density at radius 2 is 1.76 bits per heavy atom. The van der Waals surface area contributed by atoms with E-state index in [4.69, 9.17) is 4.74 Å². The molecule has 1 aliphatic heterocycles. The molecule has 0 aliphatic carbocycles. The van der Waals surface area contributed by atoms with Crippen LogP contribution in [0.1, 0.15) is 36.7 Å². The molecule has 0 spiro atoms. The molecule has 0 radical (unpaired) electrons. The number of amides is 1. The van der Waals surface area contributed by atoms with Crippen LogP contribution in [0.25, 0.3) is 10.9 Å². The average Bonchev–Trinajstić information content (AvgIpc) is 3.17. The number of ether oxygens (including phenoxy) is 1. The average molecular weight is 394 g/mol. The van der Waals surface area contributed by atoms with E-state index in [9.17, 15) is 14.7 Å². The first kappa shape index (κ1) is 20.6. The van der Waals surface area contributed by atoms with Gasteiger partial charge in [0, 0.05) is 23.0 Å². The van der Waals surface area contributed by atoms with Gasteiger partial charge in [0.1, 0.15) is 12.6 Å². The van der Waals surface area contributed by atoms with Crippen molar-refractivity contribution >= 4 is 22.8 Å². The molecular weight excluding hydrogens is 368 g/mol. The third kappa shape index (κ3) is 3.63. The number of esters is 1. The number of aliphatic hydroxyl groups is 1. The second kappa shape index (κ2) is 8.92. The van der Waals surface area contributed by atoms with Gasteiger partial charge in [0.15, 0.2) is 0 Å². The van der Waals surface area contributed by atoms with Gasteiger partial charge in [0.25, 0.3) is 0 Å². The molecule has 1 aromatic heterocycles. The number of carbonyl (C=O) groups excluding carboxylic acids is 2. The normalized spacial score (nSPS) is 17.9. The number of fused-ring (bicyclic) bond motifs is 3. The summed E-state index contributed by atoms with van der Waals surface area (Å²) < 4.78 is 4.98. The molecule has 6 heteroatoms. The molecular formula is C23H26N2O4. The topological polar surface area (TPSA) is 82.6 Å². The van der Waals surface area contributed by atoms with Crippen molar-refractivity contribution in [1.82, 2.24) is 9.88 Å². The Morgan fingerprint density at radius 1 is 1.10 bits per heavy atom. The summed E-state index contributed by atoms with van der Waals surface area (Å²) in [6.07, 6.45) is 0.334. The largest absolute Gasteiger partial charge is 0.467 e. The molecule has 0 saturated carbocycles. The van der Waals surface area contributed by atoms with Gasteiger partial charge in [-0.2, -0.15) is 0 Å². The molecule has 152 valence electrons. The first-order valence-corrected chi connectivity index (χ1v) is 9.80. The van der Waals surface area contributed by atoms with Crippen molar-refractivity contribution < 1.29 is 19.4 Å². The van der Waals surface area contributed by atoms with E-state index < -0.39 is 30.6 Å². The number of methoxy groups -OCH3 is 1. The van der Waals surface area contributed by atoms with Gasteiger partial charge in [-0.05, 0) is 17.2 Å². The number of hydrogen-bond donors (Lipinski definition) is 2. The van der Waals surface area contributed by atoms with Crippen LogP contribution in [0.2, 0.25) is 0 Å². The van der Waals surface area contributed by atoms with Crippen molar-refractivity contribution in [2.75, 3.05) is 13.7 Å². The molecule has 2 N–H and O–H groups in total. The smallest absolute Gasteiger partial charge is 0.328 e. The number of aromatic nitrogens is 1. The van der Waals surface area contributed by atoms with Crippen molar-refractivity contribution in [2.45, 2.75) is 32.4 Å². The molecule has 0 saturated heterocycles. The number of nitrogens with one attached hydrogen (secondary N) is 1. The summed E-state index contributed by atoms with van der Waals surface area (Å²) in [5, 5.41) is 10.6. The first-order valence-electron chi connectivity index (χ1n) is 9.80. The molecule has 0 fully saturated rings. The highest BCUT2D eigenvalue weighted by molar-refractivity contribution is 5.91. The summed E-state index contributed by atoms with van der Waals surface area (Å²) in [7, 11) is 1.31. The van der Waals surface area contributed by atoms with Crippen LogP contribution in [0.4, 0.5) is 0 Å². The molecule has 2 aromatic carbocycles. The van der Waals surface area contributed by atoms with E-state index in [0.29, 0.717) is 6.42 Å². The Hall–Kier alpha value is -3.12. The predicted molar refractivity (Wildman–Crippen MR) is 111 cm³/mol. The third-order valence-electron chi connectivity index (χ3n) is 5.14. The van der Waals surface area contributed by atoms with Gasteiger partial charge in [-0.1, -0.05) is 62.4 Å². The molecule has 6 nitrogen and oxygen atoms in total. The summed E-state index contributed by atoms with van der Waals surface area (Å²) in [5.74, 6) is -1.00. The number of rotatable bonds is 3. The highest BCUT2D eigenvalue weighted by atomic mass is 16.5. The zero-order valence-electron chi connectivity index (χ0n) is 16.9. The van der Waals surface area contributed by atoms with Crippen LogP contribution in [-0.2, 0) is 20.7 Å². The highest BCUT2D eigenvalue weighted by Gasteiger charge is 2.43. The summed E-state index contributed by atoms with van der Waals surface area (Å²) in [6, 6.07) is 16.1. The second-order valence-corrected chi connectivity index (χ2v) is 6.58. The standard InChI is InChI=1S/C21H20N2O4.C2H6/c1-27-21(26)17-11-15-14-9-5-6-10-16(14)22-19(15)20(23(17)18(25)12-24)13-7-3-2-4-8-13;1-2/h2-10,17,20,22,24H,11-12H2,1H3;1-2H3/t17-,20?;/m0./s1. The van der Waals surface area contributed by atoms with E-state index in [0.717, 1.165) is 27.7 Å². The van der Waals surface area contributed by atoms with Crippen molar-refractivity contribution in [3.05, 3.63) is 71.4 Å². The first-order chi connectivity index (χ1) is 14.2. The predicted octanol–water partition coefficient (Wildman–Crippen LogP) is 3.20. The fourth-order valence-electron chi connectivity index (χ4n) is 3.98. The zero-order chi connectivity index (χ0) is 21.0. The van der Waals surface area contributed by atoms with Gasteiger partial charge >= 0.3 is 5.97 Å². The monoisotopic (exact) mass is 394 g/mol. The van der Waals surface area contributed by atoms with Crippen LogP contribution < -0.4 is 0 Å². The van der Waals surface area contributed by atoms with Crippen LogP contribution in [0.3, 0.4) is 0 Å². The third-order valence-corrected chi connectivity index (χ3v) is 5.14. The number of benzene rings is 2. The maximum atomic E-state index is 12.7. The van der Waals surface area contributed by atoms with E-state index in [2.05, 4.69) is 4.98 Å². The Bertz CT molecular complexity index is 997. The van der Waals surface area contributed by atoms with Crippen LogP contribution >= 0.6 is 0 Å². The highest BCUT2D eigenvalue weighted by Crippen LogP contribution is 2.41. The van der Waals surface area contributed by atoms with E-state index in [1.165, 1.54) is 12.0 Å². The minimum Gasteiger partial charge on any atom is -0.467 e. The molecule has 4 rings (SSSR count). The number of carbonyl (C=O) groups is 2. The van der Waals surface area contributed by atoms with Gasteiger partial charge in [-0.25, -0.2) is 4.79 Å². The molecule has 2 heterocycles. The Balaban J connectivity index is 0.00000117. The number of nitrogens with zero attached hydrogens (tertiary/aromatic N) is 1. The van der Waals surface area contributed by atoms with E-state index >= 15 is 0 Å². The number of hydrogen-bond acceptors (Lipinski definition) is 4. The molecule has 1 amide bonds. The lowest BCUT2D eigenvalue weighted by Crippen LogP contribution is -2.52. The zero-order valence-corrected chi connectivity index (χ0v) is 16.9. The summed E-state index contributed by atoms with van der Waals surface area (Å²) in [6.45, 7) is 3.33. The molecule has 0 bridgehead atoms. The minimum atomic E-state index is -0.799. The van der Waals surface area contributed by atoms with Crippen LogP contribution in [0.5, 0.6) is 0 Å². The maximum Gasteiger partial charge on any atom is 0.328 e. The van der Waals surface area contributed by atoms with Crippen LogP contribution in [0, 0.1) is 0 Å². The van der Waals surface area contributed by atoms with Gasteiger partial charge < -0.3 is 19.7 Å². The van der Waals surface area contributed by atoms with Crippen LogP contribution in [-0.4, -0.2) is 46.6 Å². The number of H-pyrrole nitrogens is 1. The van der Waals surface area contributed by atoms with E-state index in [-0.39, 0.29) is 0 Å². The fourth-order valence-corrected chi connectivity index (χ4v) is 3.98. The lowest BCUT2D eigenvalue weighted by molar-refractivity contribution is -0.156. The summed E-state index contributed by atoms with van der Waals surface area (Å²) in [5.41, 5.74) is 3.67. The fraction of sp³-hybridized carbons (Fsp3) is 0.304. The molecule has 2 atom stereocenters. The van der Waals surface area contributed by atoms with Crippen molar-refractivity contribution in [2.24, 2.45) is 0 Å². The lowest BCUT2D eigenvalue weighted by atomic mass is 9.88. The van der Waals surface area contributed by atoms with Gasteiger partial charge in [0.05, 0.1) is 13.2 Å². The van der Waals surface area contributed by atoms with E-state index in [1.807, 2.05) is 68.4 Å². The van der Waals surface area contributed by atoms with Crippen molar-refractivity contribution in [3.63, 3.8) is 0 Å². The summed E-state index contributed by atoms with van der Waals surface area (Å²) in [4.78, 5) is 30.1. The number of aromatic amines is 1. The lowest BCUT2D eigenvalue weighted by Gasteiger charge is -2.40. The molecule has 3 aromatic rings. The Kier molecular flexibility index (Phi) is 6.34. The number of aliphatic hydroxyl groups excluding tert-OH is 1. The van der Waals surface area contributed by atoms with Crippen molar-refractivity contribution in [1.29, 1.82) is 0 Å². The van der Waals surface area contributed by atoms with E-state index in [1.54, 1.807) is 0 Å².